The summed E-state index contributed by atoms with van der Waals surface area (Å²) in [6, 6.07) is 16.4. The third-order valence-corrected chi connectivity index (χ3v) is 4.80. The zero-order valence-electron chi connectivity index (χ0n) is 15.1. The minimum absolute atomic E-state index is 0.0960. The van der Waals surface area contributed by atoms with Crippen LogP contribution in [0.2, 0.25) is 0 Å². The SMILES string of the molecule is C=C1c2ccccc2NC(=O)N1C[C@H](c1ccc(CC)cc1)N(C)C. The number of nitrogens with zero attached hydrogens (tertiary/aromatic N) is 2. The molecule has 4 nitrogen and oxygen atoms in total. The number of hydrogen-bond donors (Lipinski definition) is 1. The van der Waals surface area contributed by atoms with Crippen LogP contribution in [0.15, 0.2) is 55.1 Å². The van der Waals surface area contributed by atoms with Crippen LogP contribution >= 0.6 is 0 Å². The highest BCUT2D eigenvalue weighted by Gasteiger charge is 2.29. The van der Waals surface area contributed by atoms with E-state index < -0.39 is 0 Å². The Balaban J connectivity index is 1.87. The fourth-order valence-electron chi connectivity index (χ4n) is 3.20. The molecule has 2 aromatic rings. The second-order valence-electron chi connectivity index (χ2n) is 6.61. The van der Waals surface area contributed by atoms with E-state index in [0.717, 1.165) is 23.4 Å². The predicted octanol–water partition coefficient (Wildman–Crippen LogP) is 4.37. The van der Waals surface area contributed by atoms with Crippen molar-refractivity contribution >= 4 is 17.4 Å². The van der Waals surface area contributed by atoms with E-state index in [1.807, 2.05) is 38.4 Å². The predicted molar refractivity (Wildman–Crippen MR) is 103 cm³/mol. The number of nitrogens with one attached hydrogen (secondary N) is 1. The van der Waals surface area contributed by atoms with E-state index in [9.17, 15) is 4.79 Å². The number of aryl methyl sites for hydroxylation is 1. The number of rotatable bonds is 5. The lowest BCUT2D eigenvalue weighted by Crippen LogP contribution is -2.42. The summed E-state index contributed by atoms with van der Waals surface area (Å²) in [5, 5.41) is 2.96. The van der Waals surface area contributed by atoms with Gasteiger partial charge in [-0.25, -0.2) is 4.79 Å². The lowest BCUT2D eigenvalue weighted by molar-refractivity contribution is 0.208. The van der Waals surface area contributed by atoms with Crippen molar-refractivity contribution in [2.24, 2.45) is 0 Å². The molecule has 0 bridgehead atoms. The highest BCUT2D eigenvalue weighted by molar-refractivity contribution is 6.02. The van der Waals surface area contributed by atoms with E-state index in [2.05, 4.69) is 48.0 Å². The first-order valence-electron chi connectivity index (χ1n) is 8.63. The van der Waals surface area contributed by atoms with Gasteiger partial charge in [-0.05, 0) is 37.7 Å². The van der Waals surface area contributed by atoms with E-state index in [4.69, 9.17) is 0 Å². The van der Waals surface area contributed by atoms with Gasteiger partial charge >= 0.3 is 6.03 Å². The van der Waals surface area contributed by atoms with Gasteiger partial charge in [0.05, 0.1) is 11.7 Å². The number of amides is 2. The first kappa shape index (κ1) is 17.2. The largest absolute Gasteiger partial charge is 0.326 e. The molecule has 1 N–H and O–H groups in total. The molecule has 130 valence electrons. The van der Waals surface area contributed by atoms with Crippen molar-refractivity contribution in [3.8, 4) is 0 Å². The van der Waals surface area contributed by atoms with Gasteiger partial charge in [0, 0.05) is 17.8 Å². The van der Waals surface area contributed by atoms with Gasteiger partial charge in [0.25, 0.3) is 0 Å². The Hall–Kier alpha value is -2.59. The molecule has 2 amide bonds. The minimum atomic E-state index is -0.124. The molecule has 0 fully saturated rings. The first-order valence-corrected chi connectivity index (χ1v) is 8.63. The number of fused-ring (bicyclic) bond motifs is 1. The molecule has 1 aliphatic rings. The summed E-state index contributed by atoms with van der Waals surface area (Å²) < 4.78 is 0. The van der Waals surface area contributed by atoms with Crippen molar-refractivity contribution in [3.05, 3.63) is 71.8 Å². The van der Waals surface area contributed by atoms with E-state index >= 15 is 0 Å². The molecule has 1 heterocycles. The first-order chi connectivity index (χ1) is 12.0. The molecule has 2 aromatic carbocycles. The molecule has 0 saturated carbocycles. The third-order valence-electron chi connectivity index (χ3n) is 4.80. The molecule has 0 saturated heterocycles. The van der Waals surface area contributed by atoms with Crippen molar-refractivity contribution in [2.75, 3.05) is 26.0 Å². The van der Waals surface area contributed by atoms with Crippen LogP contribution in [0, 0.1) is 0 Å². The van der Waals surface area contributed by atoms with E-state index in [0.29, 0.717) is 6.54 Å². The highest BCUT2D eigenvalue weighted by Crippen LogP contribution is 2.33. The summed E-state index contributed by atoms with van der Waals surface area (Å²) in [5.74, 6) is 0. The molecule has 0 unspecified atom stereocenters. The third kappa shape index (κ3) is 3.44. The maximum atomic E-state index is 12.6. The average molecular weight is 335 g/mol. The summed E-state index contributed by atoms with van der Waals surface area (Å²) in [6.07, 6.45) is 1.02. The quantitative estimate of drug-likeness (QED) is 0.880. The highest BCUT2D eigenvalue weighted by atomic mass is 16.2. The van der Waals surface area contributed by atoms with Crippen LogP contribution in [-0.4, -0.2) is 36.5 Å². The Labute approximate surface area is 149 Å². The van der Waals surface area contributed by atoms with Crippen LogP contribution in [0.4, 0.5) is 10.5 Å². The van der Waals surface area contributed by atoms with Gasteiger partial charge < -0.3 is 10.2 Å². The maximum Gasteiger partial charge on any atom is 0.326 e. The van der Waals surface area contributed by atoms with Crippen LogP contribution in [-0.2, 0) is 6.42 Å². The van der Waals surface area contributed by atoms with Crippen LogP contribution in [0.5, 0.6) is 0 Å². The van der Waals surface area contributed by atoms with Crippen molar-refractivity contribution in [1.29, 1.82) is 0 Å². The lowest BCUT2D eigenvalue weighted by atomic mass is 10.0. The van der Waals surface area contributed by atoms with Gasteiger partial charge in [-0.15, -0.1) is 0 Å². The monoisotopic (exact) mass is 335 g/mol. The molecule has 0 spiro atoms. The standard InChI is InChI=1S/C21H25N3O/c1-5-16-10-12-17(13-11-16)20(23(3)4)14-24-15(2)18-8-6-7-9-19(18)22-21(24)25/h6-13,20H,2,5,14H2,1,3-4H3,(H,22,25)/t20-/m1/s1. The molecule has 4 heteroatoms. The topological polar surface area (TPSA) is 35.6 Å². The Morgan fingerprint density at radius 1 is 1.12 bits per heavy atom. The number of anilines is 1. The Bertz CT molecular complexity index is 780. The summed E-state index contributed by atoms with van der Waals surface area (Å²) in [5.41, 5.74) is 5.05. The van der Waals surface area contributed by atoms with E-state index in [1.54, 1.807) is 4.90 Å². The smallest absolute Gasteiger partial charge is 0.307 e. The fourth-order valence-corrected chi connectivity index (χ4v) is 3.20. The van der Waals surface area contributed by atoms with Crippen LogP contribution in [0.3, 0.4) is 0 Å². The summed E-state index contributed by atoms with van der Waals surface area (Å²) in [6.45, 7) is 6.87. The maximum absolute atomic E-state index is 12.6. The summed E-state index contributed by atoms with van der Waals surface area (Å²) in [7, 11) is 4.08. The molecular formula is C21H25N3O. The van der Waals surface area contributed by atoms with Crippen molar-refractivity contribution in [1.82, 2.24) is 9.80 Å². The van der Waals surface area contributed by atoms with Crippen LogP contribution in [0.25, 0.3) is 5.70 Å². The number of carbonyl (C=O) groups is 1. The number of benzene rings is 2. The molecular weight excluding hydrogens is 310 g/mol. The number of para-hydroxylation sites is 1. The summed E-state index contributed by atoms with van der Waals surface area (Å²) >= 11 is 0. The molecule has 0 radical (unpaired) electrons. The zero-order chi connectivity index (χ0) is 18.0. The van der Waals surface area contributed by atoms with Crippen molar-refractivity contribution in [2.45, 2.75) is 19.4 Å². The zero-order valence-corrected chi connectivity index (χ0v) is 15.1. The van der Waals surface area contributed by atoms with Crippen LogP contribution < -0.4 is 5.32 Å². The Kier molecular flexibility index (Phi) is 4.91. The number of hydrogen-bond acceptors (Lipinski definition) is 2. The molecule has 3 rings (SSSR count). The molecule has 25 heavy (non-hydrogen) atoms. The number of likely N-dealkylation sites (N-methyl/N-ethyl adjacent to an activating group) is 1. The average Bonchev–Trinajstić information content (AvgIpc) is 2.61. The van der Waals surface area contributed by atoms with Gasteiger partial charge in [-0.2, -0.15) is 0 Å². The minimum Gasteiger partial charge on any atom is -0.307 e. The van der Waals surface area contributed by atoms with Gasteiger partial charge in [0.2, 0.25) is 0 Å². The Morgan fingerprint density at radius 2 is 1.80 bits per heavy atom. The lowest BCUT2D eigenvalue weighted by Gasteiger charge is -2.36. The van der Waals surface area contributed by atoms with E-state index in [1.165, 1.54) is 11.1 Å². The second kappa shape index (κ2) is 7.11. The van der Waals surface area contributed by atoms with Crippen molar-refractivity contribution < 1.29 is 4.79 Å². The Morgan fingerprint density at radius 3 is 2.44 bits per heavy atom. The van der Waals surface area contributed by atoms with Crippen LogP contribution in [0.1, 0.15) is 29.7 Å². The van der Waals surface area contributed by atoms with Gasteiger partial charge in [-0.1, -0.05) is 56.0 Å². The second-order valence-corrected chi connectivity index (χ2v) is 6.61. The van der Waals surface area contributed by atoms with Gasteiger partial charge in [0.15, 0.2) is 0 Å². The number of carbonyl (C=O) groups excluding carboxylic acids is 1. The number of urea groups is 1. The van der Waals surface area contributed by atoms with E-state index in [-0.39, 0.29) is 12.1 Å². The van der Waals surface area contributed by atoms with Gasteiger partial charge in [0.1, 0.15) is 0 Å². The van der Waals surface area contributed by atoms with Gasteiger partial charge in [-0.3, -0.25) is 4.90 Å². The van der Waals surface area contributed by atoms with Crippen molar-refractivity contribution in [3.63, 3.8) is 0 Å². The normalized spacial score (nSPS) is 15.1. The molecule has 0 aliphatic carbocycles. The molecule has 1 aliphatic heterocycles. The summed E-state index contributed by atoms with van der Waals surface area (Å²) in [4.78, 5) is 16.5. The fraction of sp³-hybridized carbons (Fsp3) is 0.286. The molecule has 0 aromatic heterocycles. The molecule has 1 atom stereocenters.